The maximum Gasteiger partial charge on any atom is 0.270 e. The monoisotopic (exact) mass is 481 g/mol. The number of amides is 2. The van der Waals surface area contributed by atoms with E-state index in [0.29, 0.717) is 35.0 Å². The lowest BCUT2D eigenvalue weighted by atomic mass is 10.0. The summed E-state index contributed by atoms with van der Waals surface area (Å²) in [6, 6.07) is 7.53. The third-order valence-electron chi connectivity index (χ3n) is 5.83. The molecule has 1 unspecified atom stereocenters. The van der Waals surface area contributed by atoms with Gasteiger partial charge in [-0.2, -0.15) is 0 Å². The summed E-state index contributed by atoms with van der Waals surface area (Å²) in [5.41, 5.74) is 2.76. The van der Waals surface area contributed by atoms with Crippen LogP contribution in [0.2, 0.25) is 0 Å². The molecule has 1 aliphatic heterocycles. The first-order valence-electron chi connectivity index (χ1n) is 10.6. The van der Waals surface area contributed by atoms with E-state index in [1.807, 2.05) is 54.6 Å². The molecule has 8 nitrogen and oxygen atoms in total. The van der Waals surface area contributed by atoms with Gasteiger partial charge in [-0.05, 0) is 32.4 Å². The number of nitrogens with one attached hydrogen (secondary N) is 1. The highest BCUT2D eigenvalue weighted by molar-refractivity contribution is 7.15. The van der Waals surface area contributed by atoms with E-state index < -0.39 is 0 Å². The summed E-state index contributed by atoms with van der Waals surface area (Å²) in [6.07, 6.45) is 2.69. The van der Waals surface area contributed by atoms with Crippen LogP contribution in [0.15, 0.2) is 35.8 Å². The van der Waals surface area contributed by atoms with E-state index in [2.05, 4.69) is 15.3 Å². The lowest BCUT2D eigenvalue weighted by Crippen LogP contribution is -2.55. The van der Waals surface area contributed by atoms with Crippen LogP contribution in [0.25, 0.3) is 16.2 Å². The van der Waals surface area contributed by atoms with E-state index in [0.717, 1.165) is 27.7 Å². The van der Waals surface area contributed by atoms with Gasteiger partial charge in [0.1, 0.15) is 16.3 Å². The first kappa shape index (κ1) is 21.6. The Labute approximate surface area is 198 Å². The van der Waals surface area contributed by atoms with Gasteiger partial charge in [0.05, 0.1) is 29.5 Å². The SMILES string of the molecule is COc1cccc(-c2nc(C)sc2C(=O)N2CCC2CNC(=O)c2c(C)nc3sccn23)c1. The van der Waals surface area contributed by atoms with Crippen molar-refractivity contribution in [3.8, 4) is 17.0 Å². The van der Waals surface area contributed by atoms with Crippen LogP contribution < -0.4 is 10.1 Å². The fraction of sp³-hybridized carbons (Fsp3) is 0.304. The Kier molecular flexibility index (Phi) is 5.63. The lowest BCUT2D eigenvalue weighted by molar-refractivity contribution is 0.0461. The maximum atomic E-state index is 13.4. The van der Waals surface area contributed by atoms with Crippen molar-refractivity contribution < 1.29 is 14.3 Å². The molecule has 0 bridgehead atoms. The smallest absolute Gasteiger partial charge is 0.270 e. The van der Waals surface area contributed by atoms with Crippen molar-refractivity contribution >= 4 is 39.4 Å². The van der Waals surface area contributed by atoms with Crippen molar-refractivity contribution in [3.63, 3.8) is 0 Å². The molecule has 0 spiro atoms. The van der Waals surface area contributed by atoms with E-state index >= 15 is 0 Å². The zero-order valence-electron chi connectivity index (χ0n) is 18.5. The molecule has 33 heavy (non-hydrogen) atoms. The molecular weight excluding hydrogens is 458 g/mol. The molecule has 5 rings (SSSR count). The first-order chi connectivity index (χ1) is 16.0. The minimum absolute atomic E-state index is 0.0480. The van der Waals surface area contributed by atoms with Crippen molar-refractivity contribution in [2.24, 2.45) is 0 Å². The number of imidazole rings is 1. The molecule has 4 heterocycles. The number of benzene rings is 1. The van der Waals surface area contributed by atoms with E-state index in [9.17, 15) is 9.59 Å². The molecule has 2 amide bonds. The second-order valence-corrected chi connectivity index (χ2v) is 9.97. The molecule has 0 radical (unpaired) electrons. The van der Waals surface area contributed by atoms with E-state index in [1.165, 1.54) is 22.7 Å². The standard InChI is InChI=1S/C23H23N5O3S2/c1-13-19(28-9-10-32-23(28)25-13)21(29)24-12-16-7-8-27(16)22(30)20-18(26-14(2)33-20)15-5-4-6-17(11-15)31-3/h4-6,9-11,16H,7-8,12H2,1-3H3,(H,24,29). The van der Waals surface area contributed by atoms with E-state index in [-0.39, 0.29) is 17.9 Å². The summed E-state index contributed by atoms with van der Waals surface area (Å²) in [5.74, 6) is 0.490. The van der Waals surface area contributed by atoms with Crippen molar-refractivity contribution in [1.82, 2.24) is 24.6 Å². The molecule has 1 aliphatic rings. The second kappa shape index (κ2) is 8.60. The van der Waals surface area contributed by atoms with Crippen LogP contribution in [0.1, 0.15) is 37.3 Å². The summed E-state index contributed by atoms with van der Waals surface area (Å²) in [6.45, 7) is 4.79. The predicted octanol–water partition coefficient (Wildman–Crippen LogP) is 3.79. The lowest BCUT2D eigenvalue weighted by Gasteiger charge is -2.41. The van der Waals surface area contributed by atoms with Gasteiger partial charge in [-0.25, -0.2) is 9.97 Å². The number of carbonyl (C=O) groups is 2. The van der Waals surface area contributed by atoms with Gasteiger partial charge in [0.25, 0.3) is 11.8 Å². The molecule has 1 N–H and O–H groups in total. The summed E-state index contributed by atoms with van der Waals surface area (Å²) < 4.78 is 7.13. The van der Waals surface area contributed by atoms with Crippen LogP contribution in [0.5, 0.6) is 5.75 Å². The Hall–Kier alpha value is -3.24. The zero-order valence-corrected chi connectivity index (χ0v) is 20.1. The van der Waals surface area contributed by atoms with Crippen LogP contribution in [0.4, 0.5) is 0 Å². The van der Waals surface area contributed by atoms with Gasteiger partial charge in [0.2, 0.25) is 0 Å². The van der Waals surface area contributed by atoms with Crippen LogP contribution in [0.3, 0.4) is 0 Å². The number of hydrogen-bond donors (Lipinski definition) is 1. The largest absolute Gasteiger partial charge is 0.497 e. The number of aryl methyl sites for hydroxylation is 2. The van der Waals surface area contributed by atoms with Crippen molar-refractivity contribution in [2.45, 2.75) is 26.3 Å². The highest BCUT2D eigenvalue weighted by atomic mass is 32.1. The van der Waals surface area contributed by atoms with Crippen molar-refractivity contribution in [3.05, 3.63) is 57.1 Å². The quantitative estimate of drug-likeness (QED) is 0.453. The highest BCUT2D eigenvalue weighted by Gasteiger charge is 2.35. The molecule has 4 aromatic rings. The molecule has 3 aromatic heterocycles. The number of thiazole rings is 2. The second-order valence-electron chi connectivity index (χ2n) is 7.90. The number of ether oxygens (including phenoxy) is 1. The molecular formula is C23H23N5O3S2. The average Bonchev–Trinajstić information content (AvgIpc) is 3.47. The molecule has 170 valence electrons. The molecule has 1 saturated heterocycles. The number of carbonyl (C=O) groups excluding carboxylic acids is 2. The summed E-state index contributed by atoms with van der Waals surface area (Å²) in [7, 11) is 1.62. The molecule has 0 aliphatic carbocycles. The highest BCUT2D eigenvalue weighted by Crippen LogP contribution is 2.33. The Morgan fingerprint density at radius 1 is 1.27 bits per heavy atom. The topological polar surface area (TPSA) is 88.8 Å². The van der Waals surface area contributed by atoms with Crippen molar-refractivity contribution in [1.29, 1.82) is 0 Å². The number of aromatic nitrogens is 3. The number of hydrogen-bond acceptors (Lipinski definition) is 7. The number of rotatable bonds is 6. The number of methoxy groups -OCH3 is 1. The molecule has 10 heteroatoms. The summed E-state index contributed by atoms with van der Waals surface area (Å²) in [4.78, 5) is 38.5. The Bertz CT molecular complexity index is 1360. The van der Waals surface area contributed by atoms with Gasteiger partial charge < -0.3 is 15.0 Å². The molecule has 1 atom stereocenters. The van der Waals surface area contributed by atoms with Crippen LogP contribution >= 0.6 is 22.7 Å². The Morgan fingerprint density at radius 3 is 2.88 bits per heavy atom. The number of likely N-dealkylation sites (tertiary alicyclic amines) is 1. The number of fused-ring (bicyclic) bond motifs is 1. The molecule has 1 fully saturated rings. The molecule has 0 saturated carbocycles. The van der Waals surface area contributed by atoms with Crippen LogP contribution in [0, 0.1) is 13.8 Å². The summed E-state index contributed by atoms with van der Waals surface area (Å²) in [5, 5.41) is 5.73. The third kappa shape index (κ3) is 3.89. The van der Waals surface area contributed by atoms with Crippen LogP contribution in [-0.2, 0) is 0 Å². The van der Waals surface area contributed by atoms with Gasteiger partial charge in [-0.1, -0.05) is 12.1 Å². The van der Waals surface area contributed by atoms with Gasteiger partial charge in [-0.15, -0.1) is 22.7 Å². The van der Waals surface area contributed by atoms with Gasteiger partial charge in [-0.3, -0.25) is 14.0 Å². The first-order valence-corrected chi connectivity index (χ1v) is 12.3. The molecule has 1 aromatic carbocycles. The minimum Gasteiger partial charge on any atom is -0.497 e. The van der Waals surface area contributed by atoms with Gasteiger partial charge in [0, 0.05) is 30.2 Å². The Balaban J connectivity index is 1.31. The van der Waals surface area contributed by atoms with Crippen molar-refractivity contribution in [2.75, 3.05) is 20.2 Å². The number of nitrogens with zero attached hydrogens (tertiary/aromatic N) is 4. The minimum atomic E-state index is -0.177. The third-order valence-corrected chi connectivity index (χ3v) is 7.54. The predicted molar refractivity (Wildman–Crippen MR) is 128 cm³/mol. The van der Waals surface area contributed by atoms with Gasteiger partial charge >= 0.3 is 0 Å². The Morgan fingerprint density at radius 2 is 2.12 bits per heavy atom. The van der Waals surface area contributed by atoms with Gasteiger partial charge in [0.15, 0.2) is 4.96 Å². The zero-order chi connectivity index (χ0) is 23.1. The average molecular weight is 482 g/mol. The summed E-state index contributed by atoms with van der Waals surface area (Å²) >= 11 is 2.89. The van der Waals surface area contributed by atoms with Crippen LogP contribution in [-0.4, -0.2) is 57.3 Å². The normalized spacial score (nSPS) is 15.5. The van der Waals surface area contributed by atoms with E-state index in [4.69, 9.17) is 4.74 Å². The maximum absolute atomic E-state index is 13.4. The fourth-order valence-corrected chi connectivity index (χ4v) is 5.71. The fourth-order valence-electron chi connectivity index (χ4n) is 4.05. The van der Waals surface area contributed by atoms with E-state index in [1.54, 1.807) is 11.5 Å².